The maximum absolute atomic E-state index is 13.4. The number of amides is 2. The smallest absolute Gasteiger partial charge is 0.264 e. The number of aldehydes is 1. The number of halogens is 1. The molecule has 4 heterocycles. The van der Waals surface area contributed by atoms with Crippen LogP contribution in [0.2, 0.25) is 5.02 Å². The van der Waals surface area contributed by atoms with Crippen LogP contribution >= 0.6 is 11.6 Å². The average Bonchev–Trinajstić information content (AvgIpc) is 3.34. The molecular formula is C43H58ClN5O7S. The number of sulfonamides is 1. The number of allylic oxidation sites excluding steroid dienone is 1. The van der Waals surface area contributed by atoms with E-state index < -0.39 is 26.8 Å². The van der Waals surface area contributed by atoms with Gasteiger partial charge in [0, 0.05) is 94.4 Å². The maximum Gasteiger partial charge on any atom is 0.264 e. The Labute approximate surface area is 342 Å². The first-order chi connectivity index (χ1) is 27.3. The van der Waals surface area contributed by atoms with E-state index in [1.54, 1.807) is 39.2 Å². The van der Waals surface area contributed by atoms with Crippen LogP contribution in [0.3, 0.4) is 0 Å². The molecule has 1 unspecified atom stereocenters. The molecule has 0 radical (unpaired) electrons. The van der Waals surface area contributed by atoms with Crippen LogP contribution in [0.25, 0.3) is 0 Å². The summed E-state index contributed by atoms with van der Waals surface area (Å²) in [6.07, 6.45) is 9.65. The van der Waals surface area contributed by atoms with Gasteiger partial charge >= 0.3 is 0 Å². The Bertz CT molecular complexity index is 1980. The Hall–Kier alpha value is -3.49. The summed E-state index contributed by atoms with van der Waals surface area (Å²) in [5, 5.41) is 3.24. The molecule has 2 N–H and O–H groups in total. The van der Waals surface area contributed by atoms with E-state index in [0.29, 0.717) is 42.9 Å². The largest absolute Gasteiger partial charge is 0.490 e. The summed E-state index contributed by atoms with van der Waals surface area (Å²) < 4.78 is 41.3. The number of methoxy groups -OCH3 is 1. The number of nitrogens with zero attached hydrogens (tertiary/aromatic N) is 3. The van der Waals surface area contributed by atoms with Crippen molar-refractivity contribution < 1.29 is 32.3 Å². The fraction of sp³-hybridized carbons (Fsp3) is 0.605. The predicted molar refractivity (Wildman–Crippen MR) is 221 cm³/mol. The van der Waals surface area contributed by atoms with Crippen molar-refractivity contribution in [3.05, 3.63) is 70.3 Å². The molecule has 2 amide bonds. The van der Waals surface area contributed by atoms with E-state index in [2.05, 4.69) is 32.0 Å². The van der Waals surface area contributed by atoms with Gasteiger partial charge in [0.05, 0.1) is 17.5 Å². The third-order valence-corrected chi connectivity index (χ3v) is 15.9. The minimum atomic E-state index is -3.97. The Balaban J connectivity index is 0.000000322. The number of nitrogens with one attached hydrogen (secondary N) is 2. The van der Waals surface area contributed by atoms with Crippen LogP contribution in [0.4, 0.5) is 5.69 Å². The molecule has 7 atom stereocenters. The second-order valence-corrected chi connectivity index (χ2v) is 19.5. The molecular weight excluding hydrogens is 766 g/mol. The lowest BCUT2D eigenvalue weighted by molar-refractivity contribution is -0.136. The van der Waals surface area contributed by atoms with Crippen molar-refractivity contribution in [2.75, 3.05) is 71.0 Å². The SMILES string of the molecule is CC(=O)N1CCN2CCNCC2C1.CO[C@]1(C=O)/C=C/C[C@H](C)[C@@H](C)S(=O)(=O)NC(=O)c2ccc3c(c2)N(C[C@@H]2CC[C@H]21)C[C@@]1(CCCc2cc(Cl)ccc21)CO3. The highest BCUT2D eigenvalue weighted by molar-refractivity contribution is 7.90. The number of carbonyl (C=O) groups is 3. The van der Waals surface area contributed by atoms with Crippen LogP contribution in [0.5, 0.6) is 5.75 Å². The van der Waals surface area contributed by atoms with Crippen LogP contribution in [0.15, 0.2) is 48.6 Å². The first-order valence-corrected chi connectivity index (χ1v) is 22.5. The van der Waals surface area contributed by atoms with Crippen LogP contribution < -0.4 is 19.7 Å². The number of anilines is 1. The van der Waals surface area contributed by atoms with Crippen LogP contribution in [0.1, 0.15) is 74.4 Å². The monoisotopic (exact) mass is 823 g/mol. The number of benzene rings is 2. The summed E-state index contributed by atoms with van der Waals surface area (Å²) >= 11 is 6.40. The molecule has 2 saturated heterocycles. The first kappa shape index (κ1) is 41.7. The Morgan fingerprint density at radius 1 is 1.09 bits per heavy atom. The van der Waals surface area contributed by atoms with Gasteiger partial charge in [-0.15, -0.1) is 0 Å². The number of ether oxygens (including phenoxy) is 2. The molecule has 2 bridgehead atoms. The lowest BCUT2D eigenvalue weighted by Gasteiger charge is -2.48. The molecule has 1 spiro atoms. The van der Waals surface area contributed by atoms with Crippen molar-refractivity contribution in [1.82, 2.24) is 19.8 Å². The van der Waals surface area contributed by atoms with Gasteiger partial charge in [-0.05, 0) is 105 Å². The molecule has 0 aromatic heterocycles. The molecule has 4 aliphatic heterocycles. The van der Waals surface area contributed by atoms with E-state index in [-0.39, 0.29) is 34.6 Å². The van der Waals surface area contributed by atoms with Crippen molar-refractivity contribution >= 4 is 45.4 Å². The second kappa shape index (κ2) is 17.0. The van der Waals surface area contributed by atoms with Crippen molar-refractivity contribution in [1.29, 1.82) is 0 Å². The zero-order valence-corrected chi connectivity index (χ0v) is 35.2. The van der Waals surface area contributed by atoms with Crippen LogP contribution in [-0.4, -0.2) is 119 Å². The number of hydrogen-bond acceptors (Lipinski definition) is 10. The van der Waals surface area contributed by atoms with Gasteiger partial charge in [-0.1, -0.05) is 30.7 Å². The van der Waals surface area contributed by atoms with Gasteiger partial charge in [-0.2, -0.15) is 0 Å². The van der Waals surface area contributed by atoms with E-state index in [4.69, 9.17) is 21.1 Å². The predicted octanol–water partition coefficient (Wildman–Crippen LogP) is 4.59. The molecule has 2 aromatic rings. The molecule has 2 aromatic carbocycles. The number of rotatable bonds is 2. The fourth-order valence-corrected chi connectivity index (χ4v) is 11.3. The maximum atomic E-state index is 13.4. The van der Waals surface area contributed by atoms with Gasteiger partial charge in [0.25, 0.3) is 5.91 Å². The van der Waals surface area contributed by atoms with E-state index in [1.165, 1.54) is 11.1 Å². The van der Waals surface area contributed by atoms with Crippen molar-refractivity contribution in [3.63, 3.8) is 0 Å². The van der Waals surface area contributed by atoms with Crippen LogP contribution in [-0.2, 0) is 36.2 Å². The van der Waals surface area contributed by atoms with E-state index in [0.717, 1.165) is 83.3 Å². The third kappa shape index (κ3) is 8.50. The normalized spacial score (nSPS) is 33.0. The quantitative estimate of drug-likeness (QED) is 0.327. The van der Waals surface area contributed by atoms with E-state index in [1.807, 2.05) is 30.0 Å². The molecule has 1 saturated carbocycles. The van der Waals surface area contributed by atoms with Gasteiger partial charge in [-0.3, -0.25) is 19.3 Å². The number of piperazine rings is 2. The standard InChI is InChI=1S/C34H41ClN2O6S.C9H17N3O/c1-22-6-4-15-34(20-38,42-3)29-11-8-26(29)18-37-19-33(14-5-7-24-16-27(35)10-12-28(24)33)21-43-31-13-9-25(17-30(31)37)32(39)36-44(40,41)23(22)2;1-8(13)12-5-4-11-3-2-10-6-9(11)7-12/h4,9-10,12-13,15-17,20,22-23,26,29H,5-8,11,14,18-19,21H2,1-3H3,(H,36,39);9-10H,2-7H2,1H3/b15-4+;/t22-,23+,26-,29+,33-,34-;/m0./s1. The van der Waals surface area contributed by atoms with Gasteiger partial charge in [0.2, 0.25) is 15.9 Å². The highest BCUT2D eigenvalue weighted by atomic mass is 35.5. The number of fused-ring (bicyclic) bond motifs is 5. The summed E-state index contributed by atoms with van der Waals surface area (Å²) in [7, 11) is -2.41. The summed E-state index contributed by atoms with van der Waals surface area (Å²) in [5.74, 6) is 0.0105. The summed E-state index contributed by atoms with van der Waals surface area (Å²) in [5.41, 5.74) is 2.05. The summed E-state index contributed by atoms with van der Waals surface area (Å²) in [6, 6.07) is 11.8. The molecule has 310 valence electrons. The highest BCUT2D eigenvalue weighted by Crippen LogP contribution is 2.48. The lowest BCUT2D eigenvalue weighted by Crippen LogP contribution is -2.61. The first-order valence-electron chi connectivity index (χ1n) is 20.5. The minimum absolute atomic E-state index is 0.0434. The topological polar surface area (TPSA) is 138 Å². The van der Waals surface area contributed by atoms with Crippen molar-refractivity contribution in [3.8, 4) is 5.75 Å². The number of aryl methyl sites for hydroxylation is 1. The Morgan fingerprint density at radius 3 is 2.65 bits per heavy atom. The summed E-state index contributed by atoms with van der Waals surface area (Å²) in [4.78, 5) is 44.0. The highest BCUT2D eigenvalue weighted by Gasteiger charge is 2.49. The lowest BCUT2D eigenvalue weighted by atomic mass is 9.64. The molecule has 14 heteroatoms. The second-order valence-electron chi connectivity index (χ2n) is 17.1. The van der Waals surface area contributed by atoms with Gasteiger partial charge in [0.15, 0.2) is 6.29 Å². The third-order valence-electron chi connectivity index (χ3n) is 13.7. The van der Waals surface area contributed by atoms with Gasteiger partial charge in [0.1, 0.15) is 11.4 Å². The Morgan fingerprint density at radius 2 is 1.91 bits per heavy atom. The fourth-order valence-electron chi connectivity index (χ4n) is 9.84. The van der Waals surface area contributed by atoms with E-state index >= 15 is 0 Å². The molecule has 6 aliphatic rings. The zero-order valence-electron chi connectivity index (χ0n) is 33.7. The van der Waals surface area contributed by atoms with Crippen molar-refractivity contribution in [2.45, 2.75) is 81.6 Å². The van der Waals surface area contributed by atoms with E-state index in [9.17, 15) is 22.8 Å². The molecule has 57 heavy (non-hydrogen) atoms. The average molecular weight is 824 g/mol. The Kier molecular flexibility index (Phi) is 12.4. The van der Waals surface area contributed by atoms with Crippen LogP contribution in [0, 0.1) is 17.8 Å². The van der Waals surface area contributed by atoms with Gasteiger partial charge < -0.3 is 24.6 Å². The molecule has 2 aliphatic carbocycles. The zero-order chi connectivity index (χ0) is 40.5. The molecule has 8 rings (SSSR count). The molecule has 3 fully saturated rings. The number of carbonyl (C=O) groups excluding carboxylic acids is 3. The minimum Gasteiger partial charge on any atom is -0.490 e. The summed E-state index contributed by atoms with van der Waals surface area (Å²) in [6.45, 7) is 13.0. The van der Waals surface area contributed by atoms with Gasteiger partial charge in [-0.25, -0.2) is 13.1 Å². The molecule has 12 nitrogen and oxygen atoms in total. The van der Waals surface area contributed by atoms with Crippen molar-refractivity contribution in [2.24, 2.45) is 17.8 Å². The number of hydrogen-bond donors (Lipinski definition) is 2.